The van der Waals surface area contributed by atoms with E-state index < -0.39 is 0 Å². The number of nitrogens with zero attached hydrogens (tertiary/aromatic N) is 2. The Morgan fingerprint density at radius 2 is 1.56 bits per heavy atom. The third-order valence-electron chi connectivity index (χ3n) is 5.94. The molecule has 0 saturated carbocycles. The maximum atomic E-state index is 13.4. The topological polar surface area (TPSA) is 91.0 Å². The van der Waals surface area contributed by atoms with E-state index >= 15 is 0 Å². The second kappa shape index (κ2) is 10.6. The van der Waals surface area contributed by atoms with E-state index in [2.05, 4.69) is 15.5 Å². The van der Waals surface area contributed by atoms with E-state index in [9.17, 15) is 14.4 Å². The Kier molecular flexibility index (Phi) is 7.40. The number of morpholine rings is 1. The van der Waals surface area contributed by atoms with Crippen molar-refractivity contribution in [1.29, 1.82) is 0 Å². The molecular formula is C26H30N4O4. The van der Waals surface area contributed by atoms with E-state index in [0.29, 0.717) is 35.5 Å². The summed E-state index contributed by atoms with van der Waals surface area (Å²) in [6, 6.07) is 14.6. The normalized spacial score (nSPS) is 16.8. The van der Waals surface area contributed by atoms with Crippen molar-refractivity contribution < 1.29 is 19.1 Å². The lowest BCUT2D eigenvalue weighted by Crippen LogP contribution is -2.39. The largest absolute Gasteiger partial charge is 0.379 e. The first-order chi connectivity index (χ1) is 16.4. The molecule has 1 fully saturated rings. The molecule has 0 radical (unpaired) electrons. The van der Waals surface area contributed by atoms with Crippen LogP contribution in [0, 0.1) is 6.92 Å². The van der Waals surface area contributed by atoms with Crippen molar-refractivity contribution in [2.75, 3.05) is 50.0 Å². The van der Waals surface area contributed by atoms with Crippen LogP contribution in [0.15, 0.2) is 54.2 Å². The van der Waals surface area contributed by atoms with Gasteiger partial charge in [0.05, 0.1) is 18.8 Å². The van der Waals surface area contributed by atoms with E-state index in [1.165, 1.54) is 11.8 Å². The van der Waals surface area contributed by atoms with Crippen LogP contribution in [0.3, 0.4) is 0 Å². The van der Waals surface area contributed by atoms with Crippen LogP contribution in [0.2, 0.25) is 0 Å². The first-order valence-electron chi connectivity index (χ1n) is 11.5. The number of hydrogen-bond acceptors (Lipinski definition) is 6. The Balaban J connectivity index is 1.54. The Morgan fingerprint density at radius 1 is 0.912 bits per heavy atom. The highest BCUT2D eigenvalue weighted by Gasteiger charge is 2.38. The summed E-state index contributed by atoms with van der Waals surface area (Å²) < 4.78 is 5.39. The van der Waals surface area contributed by atoms with Crippen LogP contribution in [-0.4, -0.2) is 66.9 Å². The van der Waals surface area contributed by atoms with Gasteiger partial charge in [-0.1, -0.05) is 29.8 Å². The number of benzene rings is 2. The van der Waals surface area contributed by atoms with Gasteiger partial charge in [-0.05, 0) is 43.2 Å². The highest BCUT2D eigenvalue weighted by molar-refractivity contribution is 6.36. The first kappa shape index (κ1) is 23.7. The SMILES string of the molecule is CC(=O)Nc1ccc(NC2=C(c3ccc(C)cc3)C(=O)N(CCCN3CCOCC3)C2=O)cc1. The molecule has 4 rings (SSSR count). The molecule has 2 aromatic rings. The zero-order chi connectivity index (χ0) is 24.1. The number of carbonyl (C=O) groups excluding carboxylic acids is 3. The number of anilines is 2. The maximum Gasteiger partial charge on any atom is 0.278 e. The molecule has 0 unspecified atom stereocenters. The maximum absolute atomic E-state index is 13.4. The summed E-state index contributed by atoms with van der Waals surface area (Å²) in [6.07, 6.45) is 0.706. The summed E-state index contributed by atoms with van der Waals surface area (Å²) in [5, 5.41) is 5.88. The molecule has 8 heteroatoms. The third kappa shape index (κ3) is 5.52. The molecule has 0 aromatic heterocycles. The lowest BCUT2D eigenvalue weighted by atomic mass is 10.0. The summed E-state index contributed by atoms with van der Waals surface area (Å²) in [7, 11) is 0. The smallest absolute Gasteiger partial charge is 0.278 e. The Bertz CT molecular complexity index is 1090. The number of carbonyl (C=O) groups is 3. The number of aryl methyl sites for hydroxylation is 1. The molecule has 0 spiro atoms. The summed E-state index contributed by atoms with van der Waals surface area (Å²) in [5.74, 6) is -0.768. The highest BCUT2D eigenvalue weighted by Crippen LogP contribution is 2.31. The minimum absolute atomic E-state index is 0.158. The molecule has 2 aromatic carbocycles. The van der Waals surface area contributed by atoms with Crippen LogP contribution >= 0.6 is 0 Å². The number of rotatable bonds is 8. The van der Waals surface area contributed by atoms with Gasteiger partial charge in [-0.25, -0.2) is 0 Å². The van der Waals surface area contributed by atoms with E-state index in [0.717, 1.165) is 38.4 Å². The molecule has 34 heavy (non-hydrogen) atoms. The Labute approximate surface area is 199 Å². The van der Waals surface area contributed by atoms with Crippen molar-refractivity contribution in [3.63, 3.8) is 0 Å². The fourth-order valence-electron chi connectivity index (χ4n) is 4.14. The van der Waals surface area contributed by atoms with Gasteiger partial charge in [-0.3, -0.25) is 24.2 Å². The predicted octanol–water partition coefficient (Wildman–Crippen LogP) is 2.87. The van der Waals surface area contributed by atoms with Crippen molar-refractivity contribution in [3.8, 4) is 0 Å². The quantitative estimate of drug-likeness (QED) is 0.587. The minimum Gasteiger partial charge on any atom is -0.379 e. The van der Waals surface area contributed by atoms with Gasteiger partial charge in [0.2, 0.25) is 5.91 Å². The van der Waals surface area contributed by atoms with Crippen LogP contribution < -0.4 is 10.6 Å². The molecule has 2 N–H and O–H groups in total. The lowest BCUT2D eigenvalue weighted by Gasteiger charge is -2.27. The lowest BCUT2D eigenvalue weighted by molar-refractivity contribution is -0.137. The van der Waals surface area contributed by atoms with Crippen LogP contribution in [-0.2, 0) is 19.1 Å². The van der Waals surface area contributed by atoms with E-state index in [1.54, 1.807) is 24.3 Å². The molecule has 2 heterocycles. The first-order valence-corrected chi connectivity index (χ1v) is 11.5. The fourth-order valence-corrected chi connectivity index (χ4v) is 4.14. The van der Waals surface area contributed by atoms with Crippen molar-refractivity contribution in [2.45, 2.75) is 20.3 Å². The van der Waals surface area contributed by atoms with Gasteiger partial charge >= 0.3 is 0 Å². The van der Waals surface area contributed by atoms with Crippen molar-refractivity contribution in [3.05, 3.63) is 65.4 Å². The second-order valence-corrected chi connectivity index (χ2v) is 8.57. The van der Waals surface area contributed by atoms with E-state index in [1.807, 2.05) is 31.2 Å². The standard InChI is InChI=1S/C26H30N4O4/c1-18-4-6-20(7-5-18)23-24(28-22-10-8-21(9-11-22)27-19(2)31)26(33)30(25(23)32)13-3-12-29-14-16-34-17-15-29/h4-11,28H,3,12-17H2,1-2H3,(H,27,31). The molecule has 0 aliphatic carbocycles. The second-order valence-electron chi connectivity index (χ2n) is 8.57. The summed E-state index contributed by atoms with van der Waals surface area (Å²) >= 11 is 0. The summed E-state index contributed by atoms with van der Waals surface area (Å²) in [5.41, 5.74) is 3.74. The van der Waals surface area contributed by atoms with Gasteiger partial charge in [0.15, 0.2) is 0 Å². The van der Waals surface area contributed by atoms with Crippen molar-refractivity contribution >= 4 is 34.7 Å². The zero-order valence-corrected chi connectivity index (χ0v) is 19.6. The van der Waals surface area contributed by atoms with Gasteiger partial charge in [0.1, 0.15) is 5.70 Å². The average Bonchev–Trinajstić information content (AvgIpc) is 3.05. The van der Waals surface area contributed by atoms with E-state index in [-0.39, 0.29) is 23.4 Å². The number of amides is 3. The summed E-state index contributed by atoms with van der Waals surface area (Å²) in [4.78, 5) is 41.6. The molecular weight excluding hydrogens is 432 g/mol. The molecule has 2 aliphatic rings. The van der Waals surface area contributed by atoms with Gasteiger partial charge < -0.3 is 15.4 Å². The molecule has 0 atom stereocenters. The molecule has 1 saturated heterocycles. The Hall–Kier alpha value is -3.49. The zero-order valence-electron chi connectivity index (χ0n) is 19.6. The van der Waals surface area contributed by atoms with E-state index in [4.69, 9.17) is 4.74 Å². The van der Waals surface area contributed by atoms with Crippen LogP contribution in [0.1, 0.15) is 24.5 Å². The average molecular weight is 463 g/mol. The number of nitrogens with one attached hydrogen (secondary N) is 2. The monoisotopic (exact) mass is 462 g/mol. The van der Waals surface area contributed by atoms with Crippen LogP contribution in [0.25, 0.3) is 5.57 Å². The highest BCUT2D eigenvalue weighted by atomic mass is 16.5. The number of imide groups is 1. The van der Waals surface area contributed by atoms with Crippen LogP contribution in [0.4, 0.5) is 11.4 Å². The van der Waals surface area contributed by atoms with Gasteiger partial charge in [-0.2, -0.15) is 0 Å². The fraction of sp³-hybridized carbons (Fsp3) is 0.346. The molecule has 2 aliphatic heterocycles. The molecule has 0 bridgehead atoms. The van der Waals surface area contributed by atoms with Gasteiger partial charge in [-0.15, -0.1) is 0 Å². The van der Waals surface area contributed by atoms with Gasteiger partial charge in [0, 0.05) is 44.5 Å². The Morgan fingerprint density at radius 3 is 2.21 bits per heavy atom. The summed E-state index contributed by atoms with van der Waals surface area (Å²) in [6.45, 7) is 7.77. The molecule has 8 nitrogen and oxygen atoms in total. The minimum atomic E-state index is -0.325. The number of ether oxygens (including phenoxy) is 1. The van der Waals surface area contributed by atoms with Crippen molar-refractivity contribution in [1.82, 2.24) is 9.80 Å². The predicted molar refractivity (Wildman–Crippen MR) is 131 cm³/mol. The van der Waals surface area contributed by atoms with Crippen molar-refractivity contribution in [2.24, 2.45) is 0 Å². The van der Waals surface area contributed by atoms with Gasteiger partial charge in [0.25, 0.3) is 11.8 Å². The third-order valence-corrected chi connectivity index (χ3v) is 5.94. The number of hydrogen-bond donors (Lipinski definition) is 2. The molecule has 178 valence electrons. The molecule has 3 amide bonds. The van der Waals surface area contributed by atoms with Crippen LogP contribution in [0.5, 0.6) is 0 Å².